The summed E-state index contributed by atoms with van der Waals surface area (Å²) >= 11 is 0. The van der Waals surface area contributed by atoms with E-state index in [1.807, 2.05) is 0 Å². The zero-order valence-electron chi connectivity index (χ0n) is 12.6. The van der Waals surface area contributed by atoms with Gasteiger partial charge in [-0.3, -0.25) is 0 Å². The van der Waals surface area contributed by atoms with Gasteiger partial charge in [-0.2, -0.15) is 0 Å². The highest BCUT2D eigenvalue weighted by Gasteiger charge is 2.19. The van der Waals surface area contributed by atoms with Crippen LogP contribution in [-0.2, 0) is 19.4 Å². The average molecular weight is 281 g/mol. The van der Waals surface area contributed by atoms with Crippen LogP contribution in [0.4, 0.5) is 0 Å². The molecule has 0 bridgehead atoms. The molecule has 2 aromatic carbocycles. The maximum Gasteiger partial charge on any atom is 0.119 e. The highest BCUT2D eigenvalue weighted by molar-refractivity contribution is 5.33. The molecule has 0 aliphatic heterocycles. The summed E-state index contributed by atoms with van der Waals surface area (Å²) in [7, 11) is 0. The van der Waals surface area contributed by atoms with Gasteiger partial charge in [-0.25, -0.2) is 0 Å². The Kier molecular flexibility index (Phi) is 4.56. The maximum absolute atomic E-state index is 5.61. The van der Waals surface area contributed by atoms with E-state index >= 15 is 0 Å². The monoisotopic (exact) mass is 281 g/mol. The summed E-state index contributed by atoms with van der Waals surface area (Å²) in [6, 6.07) is 17.8. The molecule has 1 aliphatic rings. The van der Waals surface area contributed by atoms with E-state index in [1.54, 1.807) is 0 Å². The van der Waals surface area contributed by atoms with Gasteiger partial charge in [0, 0.05) is 12.6 Å². The van der Waals surface area contributed by atoms with Crippen LogP contribution >= 0.6 is 0 Å². The predicted octanol–water partition coefficient (Wildman–Crippen LogP) is 3.73. The summed E-state index contributed by atoms with van der Waals surface area (Å²) < 4.78 is 5.61. The van der Waals surface area contributed by atoms with E-state index in [1.165, 1.54) is 16.7 Å². The van der Waals surface area contributed by atoms with Crippen LogP contribution in [-0.4, -0.2) is 12.6 Å². The number of rotatable bonds is 6. The molecule has 0 spiro atoms. The van der Waals surface area contributed by atoms with Crippen LogP contribution < -0.4 is 10.1 Å². The first-order valence-electron chi connectivity index (χ1n) is 7.87. The van der Waals surface area contributed by atoms with Crippen molar-refractivity contribution in [2.24, 2.45) is 0 Å². The number of fused-ring (bicyclic) bond motifs is 1. The zero-order chi connectivity index (χ0) is 14.5. The van der Waals surface area contributed by atoms with Crippen LogP contribution in [0.15, 0.2) is 48.5 Å². The largest absolute Gasteiger partial charge is 0.494 e. The van der Waals surface area contributed by atoms with Gasteiger partial charge in [0.2, 0.25) is 0 Å². The normalized spacial score (nSPS) is 14.1. The van der Waals surface area contributed by atoms with Gasteiger partial charge in [0.25, 0.3) is 0 Å². The van der Waals surface area contributed by atoms with Crippen molar-refractivity contribution in [1.29, 1.82) is 0 Å². The first-order valence-corrected chi connectivity index (χ1v) is 7.87. The van der Waals surface area contributed by atoms with Gasteiger partial charge in [-0.15, -0.1) is 0 Å². The molecular formula is C19H23NO. The number of benzene rings is 2. The summed E-state index contributed by atoms with van der Waals surface area (Å²) in [4.78, 5) is 0. The van der Waals surface area contributed by atoms with Gasteiger partial charge in [-0.1, -0.05) is 43.3 Å². The van der Waals surface area contributed by atoms with Crippen LogP contribution in [0.3, 0.4) is 0 Å². The number of nitrogens with one attached hydrogen (secondary N) is 1. The van der Waals surface area contributed by atoms with E-state index in [-0.39, 0.29) is 0 Å². The second-order valence-corrected chi connectivity index (χ2v) is 5.75. The molecule has 2 aromatic rings. The van der Waals surface area contributed by atoms with Crippen molar-refractivity contribution in [3.8, 4) is 5.75 Å². The van der Waals surface area contributed by atoms with E-state index in [9.17, 15) is 0 Å². The summed E-state index contributed by atoms with van der Waals surface area (Å²) in [5.41, 5.74) is 4.31. The molecule has 2 heteroatoms. The van der Waals surface area contributed by atoms with Crippen molar-refractivity contribution >= 4 is 0 Å². The Balaban J connectivity index is 1.50. The lowest BCUT2D eigenvalue weighted by Gasteiger charge is -2.12. The lowest BCUT2D eigenvalue weighted by Crippen LogP contribution is -2.28. The lowest BCUT2D eigenvalue weighted by molar-refractivity contribution is 0.317. The molecule has 2 nitrogen and oxygen atoms in total. The molecular weight excluding hydrogens is 258 g/mol. The standard InChI is InChI=1S/C19H23NO/c1-2-11-21-19-9-7-15(8-10-19)14-20-18-12-16-5-3-4-6-17(16)13-18/h3-10,18,20H,2,11-14H2,1H3. The van der Waals surface area contributed by atoms with Crippen LogP contribution in [0, 0.1) is 0 Å². The Hall–Kier alpha value is -1.80. The minimum Gasteiger partial charge on any atom is -0.494 e. The van der Waals surface area contributed by atoms with Crippen molar-refractivity contribution in [2.75, 3.05) is 6.61 Å². The first-order chi connectivity index (χ1) is 10.3. The van der Waals surface area contributed by atoms with Gasteiger partial charge < -0.3 is 10.1 Å². The maximum atomic E-state index is 5.61. The summed E-state index contributed by atoms with van der Waals surface area (Å²) in [6.07, 6.45) is 3.34. The van der Waals surface area contributed by atoms with Gasteiger partial charge in [0.05, 0.1) is 6.61 Å². The molecule has 0 aromatic heterocycles. The first kappa shape index (κ1) is 14.2. The lowest BCUT2D eigenvalue weighted by atomic mass is 10.1. The topological polar surface area (TPSA) is 21.3 Å². The molecule has 1 N–H and O–H groups in total. The SMILES string of the molecule is CCCOc1ccc(CNC2Cc3ccccc3C2)cc1. The van der Waals surface area contributed by atoms with E-state index in [4.69, 9.17) is 4.74 Å². The molecule has 3 rings (SSSR count). The number of hydrogen-bond acceptors (Lipinski definition) is 2. The number of hydrogen-bond donors (Lipinski definition) is 1. The van der Waals surface area contributed by atoms with Crippen molar-refractivity contribution in [3.05, 3.63) is 65.2 Å². The summed E-state index contributed by atoms with van der Waals surface area (Å²) in [5.74, 6) is 0.967. The molecule has 0 saturated carbocycles. The van der Waals surface area contributed by atoms with Crippen LogP contribution in [0.2, 0.25) is 0 Å². The highest BCUT2D eigenvalue weighted by atomic mass is 16.5. The molecule has 0 saturated heterocycles. The van der Waals surface area contributed by atoms with Gasteiger partial charge >= 0.3 is 0 Å². The fraction of sp³-hybridized carbons (Fsp3) is 0.368. The minimum absolute atomic E-state index is 0.568. The van der Waals surface area contributed by atoms with Crippen LogP contribution in [0.5, 0.6) is 5.75 Å². The molecule has 1 aliphatic carbocycles. The molecule has 0 atom stereocenters. The van der Waals surface area contributed by atoms with Crippen molar-refractivity contribution < 1.29 is 4.74 Å². The summed E-state index contributed by atoms with van der Waals surface area (Å²) in [5, 5.41) is 3.67. The van der Waals surface area contributed by atoms with Crippen molar-refractivity contribution in [2.45, 2.75) is 38.8 Å². The fourth-order valence-corrected chi connectivity index (χ4v) is 2.89. The third-order valence-electron chi connectivity index (χ3n) is 4.04. The zero-order valence-corrected chi connectivity index (χ0v) is 12.6. The molecule has 0 radical (unpaired) electrons. The van der Waals surface area contributed by atoms with Crippen LogP contribution in [0.1, 0.15) is 30.0 Å². The second-order valence-electron chi connectivity index (χ2n) is 5.75. The van der Waals surface area contributed by atoms with Crippen molar-refractivity contribution in [3.63, 3.8) is 0 Å². The summed E-state index contributed by atoms with van der Waals surface area (Å²) in [6.45, 7) is 3.84. The van der Waals surface area contributed by atoms with Gasteiger partial charge in [0.15, 0.2) is 0 Å². The Morgan fingerprint density at radius 2 is 1.67 bits per heavy atom. The molecule has 0 amide bonds. The average Bonchev–Trinajstić information content (AvgIpc) is 2.95. The molecule has 110 valence electrons. The molecule has 21 heavy (non-hydrogen) atoms. The Morgan fingerprint density at radius 1 is 1.00 bits per heavy atom. The predicted molar refractivity (Wildman–Crippen MR) is 86.7 cm³/mol. The quantitative estimate of drug-likeness (QED) is 0.871. The molecule has 0 unspecified atom stereocenters. The van der Waals surface area contributed by atoms with E-state index < -0.39 is 0 Å². The van der Waals surface area contributed by atoms with E-state index in [0.717, 1.165) is 38.2 Å². The second kappa shape index (κ2) is 6.77. The smallest absolute Gasteiger partial charge is 0.119 e. The Morgan fingerprint density at radius 3 is 2.29 bits per heavy atom. The number of ether oxygens (including phenoxy) is 1. The van der Waals surface area contributed by atoms with Gasteiger partial charge in [0.1, 0.15) is 5.75 Å². The van der Waals surface area contributed by atoms with Gasteiger partial charge in [-0.05, 0) is 48.1 Å². The third kappa shape index (κ3) is 3.64. The van der Waals surface area contributed by atoms with E-state index in [2.05, 4.69) is 60.8 Å². The Labute approximate surface area is 127 Å². The fourth-order valence-electron chi connectivity index (χ4n) is 2.89. The van der Waals surface area contributed by atoms with Crippen molar-refractivity contribution in [1.82, 2.24) is 5.32 Å². The Bertz CT molecular complexity index is 551. The van der Waals surface area contributed by atoms with Crippen LogP contribution in [0.25, 0.3) is 0 Å². The third-order valence-corrected chi connectivity index (χ3v) is 4.04. The molecule has 0 fully saturated rings. The minimum atomic E-state index is 0.568. The molecule has 0 heterocycles. The highest BCUT2D eigenvalue weighted by Crippen LogP contribution is 2.22. The van der Waals surface area contributed by atoms with E-state index in [0.29, 0.717) is 6.04 Å².